The summed E-state index contributed by atoms with van der Waals surface area (Å²) in [4.78, 5) is 53.7. The number of aliphatic hydroxyl groups excluding tert-OH is 1. The van der Waals surface area contributed by atoms with E-state index in [4.69, 9.17) is 18.9 Å². The van der Waals surface area contributed by atoms with Gasteiger partial charge in [0.25, 0.3) is 0 Å². The zero-order valence-corrected chi connectivity index (χ0v) is 25.5. The van der Waals surface area contributed by atoms with E-state index in [0.29, 0.717) is 17.7 Å². The zero-order valence-electron chi connectivity index (χ0n) is 25.5. The van der Waals surface area contributed by atoms with E-state index in [9.17, 15) is 24.3 Å². The second kappa shape index (κ2) is 14.3. The van der Waals surface area contributed by atoms with E-state index in [0.717, 1.165) is 0 Å². The molecule has 0 heterocycles. The number of benzene rings is 2. The molecule has 42 heavy (non-hydrogen) atoms. The average molecular weight is 590 g/mol. The Morgan fingerprint density at radius 3 is 1.95 bits per heavy atom. The number of carbonyl (C=O) groups excluding carboxylic acids is 4. The fraction of sp³-hybridized carbons (Fsp3) is 0.484. The number of Topliss-reactive ketones (excluding diaryl/α,β-unsaturated/α-hetero) is 1. The fourth-order valence-corrected chi connectivity index (χ4v) is 3.74. The van der Waals surface area contributed by atoms with Crippen molar-refractivity contribution in [2.45, 2.75) is 85.9 Å². The number of ketones is 1. The van der Waals surface area contributed by atoms with Crippen LogP contribution in [-0.4, -0.2) is 53.5 Å². The van der Waals surface area contributed by atoms with Gasteiger partial charge in [-0.15, -0.1) is 0 Å². The van der Waals surface area contributed by atoms with Gasteiger partial charge in [0.1, 0.15) is 40.6 Å². The number of aliphatic hydroxyl groups is 1. The molecule has 0 fully saturated rings. The minimum absolute atomic E-state index is 0.00402. The van der Waals surface area contributed by atoms with E-state index in [-0.39, 0.29) is 23.7 Å². The largest absolute Gasteiger partial charge is 0.490 e. The minimum Gasteiger partial charge on any atom is -0.490 e. The lowest BCUT2D eigenvalue weighted by Crippen LogP contribution is -2.45. The van der Waals surface area contributed by atoms with Crippen LogP contribution < -0.4 is 14.4 Å². The van der Waals surface area contributed by atoms with Crippen LogP contribution in [0.25, 0.3) is 0 Å². The zero-order chi connectivity index (χ0) is 31.8. The number of carbonyl (C=O) groups is 4. The van der Waals surface area contributed by atoms with E-state index in [1.54, 1.807) is 59.7 Å². The van der Waals surface area contributed by atoms with Crippen LogP contribution in [0.2, 0.25) is 0 Å². The Labute approximate surface area is 245 Å². The Morgan fingerprint density at radius 2 is 1.48 bits per heavy atom. The second-order valence-electron chi connectivity index (χ2n) is 11.5. The summed E-state index contributed by atoms with van der Waals surface area (Å²) in [5.41, 5.74) is -3.90. The summed E-state index contributed by atoms with van der Waals surface area (Å²) in [6.07, 6.45) is -2.09. The summed E-state index contributed by atoms with van der Waals surface area (Å²) in [6.45, 7) is 11.6. The minimum atomic E-state index is -1.26. The molecule has 2 rings (SSSR count). The van der Waals surface area contributed by atoms with E-state index in [2.05, 4.69) is 0 Å². The summed E-state index contributed by atoms with van der Waals surface area (Å²) < 4.78 is 38.7. The number of amides is 2. The molecule has 2 amide bonds. The van der Waals surface area contributed by atoms with Gasteiger partial charge in [0.2, 0.25) is 0 Å². The molecule has 0 saturated carbocycles. The van der Waals surface area contributed by atoms with E-state index < -0.39 is 70.8 Å². The van der Waals surface area contributed by atoms with E-state index in [1.165, 1.54) is 19.1 Å². The normalized spacial score (nSPS) is 11.5. The topological polar surface area (TPSA) is 129 Å². The number of hydrogen-bond donors (Lipinski definition) is 1. The van der Waals surface area contributed by atoms with Crippen molar-refractivity contribution in [2.24, 2.45) is 0 Å². The van der Waals surface area contributed by atoms with Crippen LogP contribution in [0.3, 0.4) is 0 Å². The molecular formula is C31H40FNO9. The van der Waals surface area contributed by atoms with Gasteiger partial charge in [-0.3, -0.25) is 4.79 Å². The molecule has 0 unspecified atom stereocenters. The predicted octanol–water partition coefficient (Wildman–Crippen LogP) is 6.31. The Balaban J connectivity index is 3.02. The van der Waals surface area contributed by atoms with E-state index >= 15 is 4.39 Å². The van der Waals surface area contributed by atoms with Gasteiger partial charge in [-0.2, -0.15) is 4.90 Å². The van der Waals surface area contributed by atoms with E-state index in [1.807, 2.05) is 6.92 Å². The van der Waals surface area contributed by atoms with Crippen LogP contribution in [0.4, 0.5) is 19.7 Å². The third kappa shape index (κ3) is 9.27. The lowest BCUT2D eigenvalue weighted by molar-refractivity contribution is -0.121. The Hall–Kier alpha value is -3.99. The number of anilines is 1. The Morgan fingerprint density at radius 1 is 0.929 bits per heavy atom. The van der Waals surface area contributed by atoms with Crippen LogP contribution in [0.1, 0.15) is 82.8 Å². The van der Waals surface area contributed by atoms with Crippen LogP contribution >= 0.6 is 0 Å². The van der Waals surface area contributed by atoms with Crippen molar-refractivity contribution < 1.29 is 47.6 Å². The van der Waals surface area contributed by atoms with Gasteiger partial charge in [0, 0.05) is 17.5 Å². The number of esters is 1. The van der Waals surface area contributed by atoms with Crippen molar-refractivity contribution in [1.29, 1.82) is 0 Å². The first-order valence-electron chi connectivity index (χ1n) is 13.6. The van der Waals surface area contributed by atoms with Crippen LogP contribution in [0, 0.1) is 12.7 Å². The first-order chi connectivity index (χ1) is 19.5. The highest BCUT2D eigenvalue weighted by Crippen LogP contribution is 2.42. The third-order valence-corrected chi connectivity index (χ3v) is 5.53. The second-order valence-corrected chi connectivity index (χ2v) is 11.5. The molecule has 0 aliphatic rings. The van der Waals surface area contributed by atoms with Crippen molar-refractivity contribution >= 4 is 29.6 Å². The molecule has 0 aliphatic heterocycles. The number of para-hydroxylation sites is 1. The maximum Gasteiger partial charge on any atom is 0.424 e. The first kappa shape index (κ1) is 34.2. The number of rotatable bonds is 10. The number of imide groups is 1. The van der Waals surface area contributed by atoms with Gasteiger partial charge in [-0.25, -0.2) is 18.8 Å². The van der Waals surface area contributed by atoms with Crippen LogP contribution in [-0.2, 0) is 20.7 Å². The number of ether oxygens (including phenoxy) is 4. The quantitative estimate of drug-likeness (QED) is 0.192. The highest BCUT2D eigenvalue weighted by atomic mass is 19.1. The monoisotopic (exact) mass is 589 g/mol. The summed E-state index contributed by atoms with van der Waals surface area (Å²) in [5.74, 6) is -3.15. The maximum atomic E-state index is 16.2. The predicted molar refractivity (Wildman–Crippen MR) is 154 cm³/mol. The summed E-state index contributed by atoms with van der Waals surface area (Å²) in [7, 11) is 0. The summed E-state index contributed by atoms with van der Waals surface area (Å²) in [5, 5.41) is 9.49. The molecule has 1 N–H and O–H groups in total. The fourth-order valence-electron chi connectivity index (χ4n) is 3.74. The summed E-state index contributed by atoms with van der Waals surface area (Å²) in [6, 6.07) is 8.02. The molecule has 0 aromatic heterocycles. The highest BCUT2D eigenvalue weighted by molar-refractivity contribution is 6.13. The molecule has 2 aromatic carbocycles. The molecular weight excluding hydrogens is 549 g/mol. The standard InChI is InChI=1S/C31H40FNO9/c1-9-10-16-39-26-23(27(36)40-21-14-12-11-13-15-21)19(2)24(32)22(17-20(35)18-34)25(26)33(28(37)41-30(3,4)5)29(38)42-31(6,7)8/h11-15,34H,9-10,16-18H2,1-8H3. The van der Waals surface area contributed by atoms with Crippen molar-refractivity contribution in [3.8, 4) is 11.5 Å². The SMILES string of the molecule is CCCCOc1c(C(=O)Oc2ccccc2)c(C)c(F)c(CC(=O)CO)c1N(C(=O)OC(C)(C)C)C(=O)OC(C)(C)C. The molecule has 10 nitrogen and oxygen atoms in total. The molecule has 11 heteroatoms. The molecule has 0 spiro atoms. The Bertz CT molecular complexity index is 1270. The molecule has 230 valence electrons. The Kier molecular flexibility index (Phi) is 11.6. The van der Waals surface area contributed by atoms with Crippen molar-refractivity contribution in [3.05, 3.63) is 52.8 Å². The average Bonchev–Trinajstić information content (AvgIpc) is 2.87. The number of unbranched alkanes of at least 4 members (excludes halogenated alkanes) is 1. The van der Waals surface area contributed by atoms with Crippen LogP contribution in [0.15, 0.2) is 30.3 Å². The van der Waals surface area contributed by atoms with Crippen molar-refractivity contribution in [2.75, 3.05) is 18.1 Å². The van der Waals surface area contributed by atoms with Gasteiger partial charge in [-0.05, 0) is 67.0 Å². The van der Waals surface area contributed by atoms with Crippen molar-refractivity contribution in [3.63, 3.8) is 0 Å². The smallest absolute Gasteiger partial charge is 0.424 e. The number of hydrogen-bond acceptors (Lipinski definition) is 9. The van der Waals surface area contributed by atoms with Gasteiger partial charge >= 0.3 is 18.2 Å². The van der Waals surface area contributed by atoms with Crippen LogP contribution in [0.5, 0.6) is 11.5 Å². The summed E-state index contributed by atoms with van der Waals surface area (Å²) >= 11 is 0. The van der Waals surface area contributed by atoms with Gasteiger partial charge in [0.15, 0.2) is 11.5 Å². The molecule has 0 bridgehead atoms. The highest BCUT2D eigenvalue weighted by Gasteiger charge is 2.40. The van der Waals surface area contributed by atoms with Gasteiger partial charge in [0.05, 0.1) is 6.61 Å². The van der Waals surface area contributed by atoms with Crippen molar-refractivity contribution in [1.82, 2.24) is 0 Å². The maximum absolute atomic E-state index is 16.2. The third-order valence-electron chi connectivity index (χ3n) is 5.53. The van der Waals surface area contributed by atoms with Gasteiger partial charge in [-0.1, -0.05) is 31.5 Å². The molecule has 0 radical (unpaired) electrons. The van der Waals surface area contributed by atoms with Gasteiger partial charge < -0.3 is 24.1 Å². The lowest BCUT2D eigenvalue weighted by atomic mass is 9.96. The molecule has 0 aliphatic carbocycles. The molecule has 0 saturated heterocycles. The number of nitrogens with zero attached hydrogens (tertiary/aromatic N) is 1. The molecule has 0 atom stereocenters. The number of halogens is 1. The lowest BCUT2D eigenvalue weighted by Gasteiger charge is -2.31. The first-order valence-corrected chi connectivity index (χ1v) is 13.6. The molecule has 2 aromatic rings.